The van der Waals surface area contributed by atoms with Crippen LogP contribution < -0.4 is 0 Å². The third kappa shape index (κ3) is 2.88. The number of aryl methyl sites for hydroxylation is 1. The number of thioether (sulfide) groups is 1. The first-order valence-corrected chi connectivity index (χ1v) is 7.65. The topological polar surface area (TPSA) is 52.3 Å². The van der Waals surface area contributed by atoms with Gasteiger partial charge in [-0.25, -0.2) is 9.78 Å². The summed E-state index contributed by atoms with van der Waals surface area (Å²) in [5.41, 5.74) is 1.55. The van der Waals surface area contributed by atoms with Crippen LogP contribution in [0.1, 0.15) is 29.6 Å². The van der Waals surface area contributed by atoms with Gasteiger partial charge in [-0.05, 0) is 24.8 Å². The monoisotopic (exact) mass is 291 g/mol. The summed E-state index contributed by atoms with van der Waals surface area (Å²) in [6, 6.07) is 7.83. The number of oxazole rings is 1. The van der Waals surface area contributed by atoms with Crippen LogP contribution in [0.4, 0.5) is 0 Å². The largest absolute Gasteiger partial charge is 0.463 e. The van der Waals surface area contributed by atoms with E-state index in [0.29, 0.717) is 18.0 Å². The van der Waals surface area contributed by atoms with Crippen molar-refractivity contribution in [2.24, 2.45) is 0 Å². The number of nitrogens with zero attached hydrogens (tertiary/aromatic N) is 1. The molecule has 0 N–H and O–H groups in total. The number of carbonyl (C=O) groups excluding carboxylic acids is 1. The smallest absolute Gasteiger partial charge is 0.376 e. The molecule has 0 fully saturated rings. The Morgan fingerprint density at radius 3 is 2.80 bits per heavy atom. The molecule has 0 aliphatic rings. The lowest BCUT2D eigenvalue weighted by atomic mass is 10.2. The quantitative estimate of drug-likeness (QED) is 0.619. The second kappa shape index (κ2) is 6.61. The molecule has 0 aliphatic heterocycles. The highest BCUT2D eigenvalue weighted by molar-refractivity contribution is 7.98. The van der Waals surface area contributed by atoms with Crippen molar-refractivity contribution in [1.29, 1.82) is 0 Å². The molecule has 0 saturated heterocycles. The maximum Gasteiger partial charge on any atom is 0.376 e. The fourth-order valence-electron chi connectivity index (χ4n) is 1.95. The highest BCUT2D eigenvalue weighted by Crippen LogP contribution is 2.31. The Bertz CT molecular complexity index is 607. The Hall–Kier alpha value is -1.75. The summed E-state index contributed by atoms with van der Waals surface area (Å²) < 4.78 is 10.4. The molecule has 1 aromatic heterocycles. The number of aromatic nitrogens is 1. The van der Waals surface area contributed by atoms with Gasteiger partial charge in [-0.1, -0.05) is 25.5 Å². The maximum atomic E-state index is 11.7. The minimum atomic E-state index is -0.478. The Balaban J connectivity index is 2.50. The van der Waals surface area contributed by atoms with Gasteiger partial charge in [0, 0.05) is 4.90 Å². The average Bonchev–Trinajstić information content (AvgIpc) is 2.90. The zero-order valence-electron chi connectivity index (χ0n) is 11.8. The Morgan fingerprint density at radius 1 is 1.40 bits per heavy atom. The molecule has 0 spiro atoms. The lowest BCUT2D eigenvalue weighted by molar-refractivity contribution is 0.0564. The normalized spacial score (nSPS) is 10.6. The molecule has 4 nitrogen and oxygen atoms in total. The van der Waals surface area contributed by atoms with Gasteiger partial charge in [-0.15, -0.1) is 11.8 Å². The second-order valence-electron chi connectivity index (χ2n) is 4.24. The van der Waals surface area contributed by atoms with E-state index in [2.05, 4.69) is 4.98 Å². The van der Waals surface area contributed by atoms with Crippen LogP contribution in [0.15, 0.2) is 33.6 Å². The minimum absolute atomic E-state index is 0.209. The number of rotatable bonds is 5. The Labute approximate surface area is 122 Å². The molecular weight excluding hydrogens is 274 g/mol. The van der Waals surface area contributed by atoms with E-state index in [9.17, 15) is 4.79 Å². The van der Waals surface area contributed by atoms with Crippen LogP contribution >= 0.6 is 11.8 Å². The van der Waals surface area contributed by atoms with Gasteiger partial charge in [0.1, 0.15) is 0 Å². The van der Waals surface area contributed by atoms with Crippen molar-refractivity contribution in [3.63, 3.8) is 0 Å². The number of benzene rings is 1. The van der Waals surface area contributed by atoms with E-state index in [1.807, 2.05) is 37.4 Å². The van der Waals surface area contributed by atoms with E-state index < -0.39 is 5.97 Å². The summed E-state index contributed by atoms with van der Waals surface area (Å²) in [5.74, 6) is 0.202. The van der Waals surface area contributed by atoms with Crippen molar-refractivity contribution >= 4 is 17.7 Å². The molecule has 1 aromatic carbocycles. The Kier molecular flexibility index (Phi) is 4.84. The van der Waals surface area contributed by atoms with E-state index in [4.69, 9.17) is 9.15 Å². The molecular formula is C15H17NO3S. The average molecular weight is 291 g/mol. The molecule has 20 heavy (non-hydrogen) atoms. The van der Waals surface area contributed by atoms with E-state index in [-0.39, 0.29) is 5.76 Å². The van der Waals surface area contributed by atoms with Gasteiger partial charge in [-0.3, -0.25) is 0 Å². The van der Waals surface area contributed by atoms with Crippen molar-refractivity contribution in [3.05, 3.63) is 35.7 Å². The first kappa shape index (κ1) is 14.7. The molecule has 2 rings (SSSR count). The maximum absolute atomic E-state index is 11.7. The number of carbonyl (C=O) groups is 1. The molecule has 0 amide bonds. The molecule has 0 atom stereocenters. The molecule has 5 heteroatoms. The van der Waals surface area contributed by atoms with Gasteiger partial charge in [0.2, 0.25) is 11.7 Å². The van der Waals surface area contributed by atoms with Crippen molar-refractivity contribution in [2.75, 3.05) is 13.4 Å². The highest BCUT2D eigenvalue weighted by atomic mass is 32.2. The standard InChI is InChI=1S/C15H17NO3S/c1-4-7-11-13(15(17)18-2)19-14(16-11)10-8-5-6-9-12(10)20-3/h5-6,8-9H,4,7H2,1-3H3. The summed E-state index contributed by atoms with van der Waals surface area (Å²) >= 11 is 1.62. The lowest BCUT2D eigenvalue weighted by Gasteiger charge is -2.02. The van der Waals surface area contributed by atoms with Crippen molar-refractivity contribution in [3.8, 4) is 11.5 Å². The molecule has 0 radical (unpaired) electrons. The molecule has 0 aliphatic carbocycles. The summed E-state index contributed by atoms with van der Waals surface area (Å²) in [4.78, 5) is 17.3. The molecule has 1 heterocycles. The number of hydrogen-bond acceptors (Lipinski definition) is 5. The third-order valence-corrected chi connectivity index (χ3v) is 3.69. The van der Waals surface area contributed by atoms with Crippen molar-refractivity contribution in [1.82, 2.24) is 4.98 Å². The number of ether oxygens (including phenoxy) is 1. The van der Waals surface area contributed by atoms with Gasteiger partial charge in [0.05, 0.1) is 18.4 Å². The van der Waals surface area contributed by atoms with Crippen molar-refractivity contribution < 1.29 is 13.9 Å². The predicted molar refractivity (Wildman–Crippen MR) is 79.1 cm³/mol. The van der Waals surface area contributed by atoms with E-state index in [1.165, 1.54) is 7.11 Å². The molecule has 0 bridgehead atoms. The number of hydrogen-bond donors (Lipinski definition) is 0. The first-order valence-electron chi connectivity index (χ1n) is 6.42. The lowest BCUT2D eigenvalue weighted by Crippen LogP contribution is -2.03. The molecule has 0 unspecified atom stereocenters. The second-order valence-corrected chi connectivity index (χ2v) is 5.08. The van der Waals surface area contributed by atoms with Crippen molar-refractivity contribution in [2.45, 2.75) is 24.7 Å². The summed E-state index contributed by atoms with van der Waals surface area (Å²) in [6.45, 7) is 2.03. The van der Waals surface area contributed by atoms with Crippen LogP contribution in [0.5, 0.6) is 0 Å². The number of methoxy groups -OCH3 is 1. The van der Waals surface area contributed by atoms with Gasteiger partial charge in [0.15, 0.2) is 0 Å². The summed E-state index contributed by atoms with van der Waals surface area (Å²) in [7, 11) is 1.34. The van der Waals surface area contributed by atoms with Gasteiger partial charge >= 0.3 is 5.97 Å². The molecule has 2 aromatic rings. The van der Waals surface area contributed by atoms with Crippen LogP contribution in [0, 0.1) is 0 Å². The fourth-order valence-corrected chi connectivity index (χ4v) is 2.54. The van der Waals surface area contributed by atoms with E-state index in [0.717, 1.165) is 16.9 Å². The fraction of sp³-hybridized carbons (Fsp3) is 0.333. The van der Waals surface area contributed by atoms with Crippen LogP contribution in [0.25, 0.3) is 11.5 Å². The first-order chi connectivity index (χ1) is 9.71. The molecule has 0 saturated carbocycles. The molecule has 106 valence electrons. The van der Waals surface area contributed by atoms with E-state index in [1.54, 1.807) is 11.8 Å². The SMILES string of the molecule is CCCc1nc(-c2ccccc2SC)oc1C(=O)OC. The van der Waals surface area contributed by atoms with Gasteiger partial charge in [0.25, 0.3) is 0 Å². The third-order valence-electron chi connectivity index (χ3n) is 2.89. The highest BCUT2D eigenvalue weighted by Gasteiger charge is 2.22. The van der Waals surface area contributed by atoms with Crippen LogP contribution in [0.3, 0.4) is 0 Å². The van der Waals surface area contributed by atoms with E-state index >= 15 is 0 Å². The van der Waals surface area contributed by atoms with Crippen LogP contribution in [-0.4, -0.2) is 24.3 Å². The Morgan fingerprint density at radius 2 is 2.15 bits per heavy atom. The van der Waals surface area contributed by atoms with Gasteiger partial charge < -0.3 is 9.15 Å². The van der Waals surface area contributed by atoms with Crippen LogP contribution in [-0.2, 0) is 11.2 Å². The number of esters is 1. The zero-order chi connectivity index (χ0) is 14.5. The summed E-state index contributed by atoms with van der Waals surface area (Å²) in [6.07, 6.45) is 3.57. The minimum Gasteiger partial charge on any atom is -0.463 e. The zero-order valence-corrected chi connectivity index (χ0v) is 12.6. The van der Waals surface area contributed by atoms with Gasteiger partial charge in [-0.2, -0.15) is 0 Å². The van der Waals surface area contributed by atoms with Crippen LogP contribution in [0.2, 0.25) is 0 Å². The predicted octanol–water partition coefficient (Wildman–Crippen LogP) is 3.80. The summed E-state index contributed by atoms with van der Waals surface area (Å²) in [5, 5.41) is 0.